The molecule has 2 atom stereocenters. The third-order valence-electron chi connectivity index (χ3n) is 3.83. The first kappa shape index (κ1) is 10.5. The van der Waals surface area contributed by atoms with Gasteiger partial charge >= 0.3 is 0 Å². The van der Waals surface area contributed by atoms with Crippen LogP contribution in [0.3, 0.4) is 0 Å². The standard InChI is InChI=1S/C12H18N2O/c1-12(2,8-13)11(15)14-6-9-4-3-5-10(9)7-14/h9-10H,3-7H2,1-2H3. The van der Waals surface area contributed by atoms with Crippen LogP contribution in [0.4, 0.5) is 0 Å². The molecule has 2 aliphatic rings. The van der Waals surface area contributed by atoms with Crippen molar-refractivity contribution in [1.82, 2.24) is 4.90 Å². The molecule has 1 amide bonds. The Balaban J connectivity index is 2.03. The van der Waals surface area contributed by atoms with Crippen molar-refractivity contribution >= 4 is 5.91 Å². The number of fused-ring (bicyclic) bond motifs is 1. The summed E-state index contributed by atoms with van der Waals surface area (Å²) < 4.78 is 0. The van der Waals surface area contributed by atoms with E-state index in [0.29, 0.717) is 11.8 Å². The number of nitriles is 1. The van der Waals surface area contributed by atoms with Gasteiger partial charge in [0, 0.05) is 13.1 Å². The number of amides is 1. The predicted molar refractivity (Wildman–Crippen MR) is 56.8 cm³/mol. The molecule has 15 heavy (non-hydrogen) atoms. The number of hydrogen-bond acceptors (Lipinski definition) is 2. The maximum atomic E-state index is 12.0. The van der Waals surface area contributed by atoms with Crippen LogP contribution in [0, 0.1) is 28.6 Å². The highest BCUT2D eigenvalue weighted by Gasteiger charge is 2.42. The average Bonchev–Trinajstić information content (AvgIpc) is 2.75. The van der Waals surface area contributed by atoms with Gasteiger partial charge in [-0.15, -0.1) is 0 Å². The zero-order valence-corrected chi connectivity index (χ0v) is 9.49. The second-order valence-electron chi connectivity index (χ2n) is 5.40. The van der Waals surface area contributed by atoms with E-state index in [1.807, 2.05) is 4.90 Å². The second-order valence-corrected chi connectivity index (χ2v) is 5.40. The Hall–Kier alpha value is -1.04. The van der Waals surface area contributed by atoms with Gasteiger partial charge < -0.3 is 4.90 Å². The molecule has 0 aromatic rings. The van der Waals surface area contributed by atoms with Crippen LogP contribution < -0.4 is 0 Å². The number of carbonyl (C=O) groups is 1. The fourth-order valence-corrected chi connectivity index (χ4v) is 2.84. The third kappa shape index (κ3) is 1.73. The van der Waals surface area contributed by atoms with Crippen molar-refractivity contribution in [3.63, 3.8) is 0 Å². The monoisotopic (exact) mass is 206 g/mol. The van der Waals surface area contributed by atoms with Crippen molar-refractivity contribution in [3.05, 3.63) is 0 Å². The highest BCUT2D eigenvalue weighted by atomic mass is 16.2. The number of likely N-dealkylation sites (tertiary alicyclic amines) is 1. The molecule has 0 aromatic carbocycles. The van der Waals surface area contributed by atoms with Crippen LogP contribution in [-0.4, -0.2) is 23.9 Å². The summed E-state index contributed by atoms with van der Waals surface area (Å²) in [5.41, 5.74) is -0.849. The largest absolute Gasteiger partial charge is 0.341 e. The first-order chi connectivity index (χ1) is 7.04. The quantitative estimate of drug-likeness (QED) is 0.656. The van der Waals surface area contributed by atoms with Crippen LogP contribution in [0.25, 0.3) is 0 Å². The Kier molecular flexibility index (Phi) is 2.46. The van der Waals surface area contributed by atoms with E-state index >= 15 is 0 Å². The maximum Gasteiger partial charge on any atom is 0.242 e. The van der Waals surface area contributed by atoms with Crippen LogP contribution in [0.1, 0.15) is 33.1 Å². The first-order valence-corrected chi connectivity index (χ1v) is 5.75. The average molecular weight is 206 g/mol. The molecule has 1 aliphatic carbocycles. The third-order valence-corrected chi connectivity index (χ3v) is 3.83. The molecule has 1 aliphatic heterocycles. The normalized spacial score (nSPS) is 30.1. The summed E-state index contributed by atoms with van der Waals surface area (Å²) in [6, 6.07) is 2.09. The van der Waals surface area contributed by atoms with Gasteiger partial charge in [0.2, 0.25) is 5.91 Å². The molecule has 1 saturated carbocycles. The van der Waals surface area contributed by atoms with Crippen molar-refractivity contribution < 1.29 is 4.79 Å². The number of carbonyl (C=O) groups excluding carboxylic acids is 1. The summed E-state index contributed by atoms with van der Waals surface area (Å²) in [4.78, 5) is 13.9. The lowest BCUT2D eigenvalue weighted by atomic mass is 9.94. The van der Waals surface area contributed by atoms with Crippen LogP contribution in [-0.2, 0) is 4.79 Å². The van der Waals surface area contributed by atoms with Crippen molar-refractivity contribution in [2.24, 2.45) is 17.3 Å². The molecule has 0 bridgehead atoms. The molecular weight excluding hydrogens is 188 g/mol. The number of hydrogen-bond donors (Lipinski definition) is 0. The minimum absolute atomic E-state index is 0.0133. The lowest BCUT2D eigenvalue weighted by molar-refractivity contribution is -0.136. The molecule has 2 fully saturated rings. The van der Waals surface area contributed by atoms with E-state index in [1.54, 1.807) is 13.8 Å². The van der Waals surface area contributed by atoms with Crippen LogP contribution >= 0.6 is 0 Å². The zero-order valence-electron chi connectivity index (χ0n) is 9.49. The smallest absolute Gasteiger partial charge is 0.242 e. The Morgan fingerprint density at radius 2 is 1.87 bits per heavy atom. The molecule has 0 aromatic heterocycles. The highest BCUT2D eigenvalue weighted by molar-refractivity contribution is 5.84. The summed E-state index contributed by atoms with van der Waals surface area (Å²) in [7, 11) is 0. The molecular formula is C12H18N2O. The molecule has 0 radical (unpaired) electrons. The van der Waals surface area contributed by atoms with E-state index in [0.717, 1.165) is 13.1 Å². The van der Waals surface area contributed by atoms with Crippen LogP contribution in [0.15, 0.2) is 0 Å². The van der Waals surface area contributed by atoms with E-state index in [1.165, 1.54) is 19.3 Å². The molecule has 2 rings (SSSR count). The van der Waals surface area contributed by atoms with Crippen LogP contribution in [0.2, 0.25) is 0 Å². The van der Waals surface area contributed by atoms with Gasteiger partial charge in [-0.1, -0.05) is 6.42 Å². The summed E-state index contributed by atoms with van der Waals surface area (Å²) in [6.07, 6.45) is 3.85. The molecule has 82 valence electrons. The van der Waals surface area contributed by atoms with Gasteiger partial charge in [-0.05, 0) is 38.5 Å². The Bertz CT molecular complexity index is 304. The molecule has 3 heteroatoms. The lowest BCUT2D eigenvalue weighted by Gasteiger charge is -2.24. The van der Waals surface area contributed by atoms with Crippen molar-refractivity contribution in [3.8, 4) is 6.07 Å². The summed E-state index contributed by atoms with van der Waals surface area (Å²) in [6.45, 7) is 5.19. The fraction of sp³-hybridized carbons (Fsp3) is 0.833. The van der Waals surface area contributed by atoms with Gasteiger partial charge in [0.05, 0.1) is 6.07 Å². The van der Waals surface area contributed by atoms with E-state index in [9.17, 15) is 4.79 Å². The topological polar surface area (TPSA) is 44.1 Å². The fourth-order valence-electron chi connectivity index (χ4n) is 2.84. The maximum absolute atomic E-state index is 12.0. The van der Waals surface area contributed by atoms with Crippen LogP contribution in [0.5, 0.6) is 0 Å². The van der Waals surface area contributed by atoms with E-state index < -0.39 is 5.41 Å². The Morgan fingerprint density at radius 3 is 2.33 bits per heavy atom. The first-order valence-electron chi connectivity index (χ1n) is 5.75. The molecule has 2 unspecified atom stereocenters. The van der Waals surface area contributed by atoms with Gasteiger partial charge in [-0.3, -0.25) is 4.79 Å². The van der Waals surface area contributed by atoms with Gasteiger partial charge in [0.1, 0.15) is 5.41 Å². The predicted octanol–water partition coefficient (Wildman–Crippen LogP) is 1.79. The summed E-state index contributed by atoms with van der Waals surface area (Å²) in [5, 5.41) is 8.93. The highest BCUT2D eigenvalue weighted by Crippen LogP contribution is 2.38. The SMILES string of the molecule is CC(C)(C#N)C(=O)N1CC2CCCC2C1. The minimum Gasteiger partial charge on any atom is -0.341 e. The Labute approximate surface area is 91.1 Å². The molecule has 1 saturated heterocycles. The molecule has 1 heterocycles. The van der Waals surface area contributed by atoms with Crippen molar-refractivity contribution in [2.75, 3.05) is 13.1 Å². The second kappa shape index (κ2) is 3.52. The summed E-state index contributed by atoms with van der Waals surface area (Å²) >= 11 is 0. The number of nitrogens with zero attached hydrogens (tertiary/aromatic N) is 2. The molecule has 3 nitrogen and oxygen atoms in total. The van der Waals surface area contributed by atoms with E-state index in [-0.39, 0.29) is 5.91 Å². The summed E-state index contributed by atoms with van der Waals surface area (Å²) in [5.74, 6) is 1.44. The Morgan fingerprint density at radius 1 is 1.33 bits per heavy atom. The van der Waals surface area contributed by atoms with Crippen molar-refractivity contribution in [2.45, 2.75) is 33.1 Å². The van der Waals surface area contributed by atoms with Gasteiger partial charge in [0.15, 0.2) is 0 Å². The van der Waals surface area contributed by atoms with Gasteiger partial charge in [-0.25, -0.2) is 0 Å². The minimum atomic E-state index is -0.849. The molecule has 0 spiro atoms. The number of rotatable bonds is 1. The van der Waals surface area contributed by atoms with E-state index in [4.69, 9.17) is 5.26 Å². The zero-order chi connectivity index (χ0) is 11.1. The van der Waals surface area contributed by atoms with E-state index in [2.05, 4.69) is 6.07 Å². The van der Waals surface area contributed by atoms with Crippen molar-refractivity contribution in [1.29, 1.82) is 5.26 Å². The van der Waals surface area contributed by atoms with Gasteiger partial charge in [0.25, 0.3) is 0 Å². The molecule has 0 N–H and O–H groups in total. The lowest BCUT2D eigenvalue weighted by Crippen LogP contribution is -2.39. The van der Waals surface area contributed by atoms with Gasteiger partial charge in [-0.2, -0.15) is 5.26 Å².